The molecule has 2 aromatic rings. The van der Waals surface area contributed by atoms with Gasteiger partial charge in [-0.05, 0) is 35.4 Å². The number of benzene rings is 1. The lowest BCUT2D eigenvalue weighted by molar-refractivity contribution is 1.12. The van der Waals surface area contributed by atoms with Crippen LogP contribution in [-0.4, -0.2) is 5.75 Å². The van der Waals surface area contributed by atoms with Crippen LogP contribution in [0.15, 0.2) is 24.3 Å². The van der Waals surface area contributed by atoms with Crippen LogP contribution < -0.4 is 5.73 Å². The molecule has 0 bridgehead atoms. The Bertz CT molecular complexity index is 563. The summed E-state index contributed by atoms with van der Waals surface area (Å²) in [5, 5.41) is 1.70. The second-order valence-electron chi connectivity index (χ2n) is 4.06. The first-order valence-electron chi connectivity index (χ1n) is 5.49. The molecular formula is C13H12ClNS2. The SMILES string of the molecule is Nc1sc2c(c1-c1cccc(Cl)c1)CCSC2. The molecule has 1 aliphatic rings. The predicted octanol–water partition coefficient (Wildman–Crippen LogP) is 4.44. The molecule has 88 valence electrons. The molecule has 3 rings (SSSR count). The van der Waals surface area contributed by atoms with Gasteiger partial charge in [-0.15, -0.1) is 11.3 Å². The van der Waals surface area contributed by atoms with Crippen LogP contribution in [0.25, 0.3) is 11.1 Å². The van der Waals surface area contributed by atoms with Crippen molar-refractivity contribution in [3.63, 3.8) is 0 Å². The fourth-order valence-corrected chi connectivity index (χ4v) is 4.68. The Hall–Kier alpha value is -0.640. The summed E-state index contributed by atoms with van der Waals surface area (Å²) in [6.45, 7) is 0. The number of nitrogen functional groups attached to an aromatic ring is 1. The van der Waals surface area contributed by atoms with Gasteiger partial charge in [0.2, 0.25) is 0 Å². The number of thiophene rings is 1. The maximum atomic E-state index is 6.17. The minimum absolute atomic E-state index is 0.770. The third kappa shape index (κ3) is 2.07. The van der Waals surface area contributed by atoms with Crippen LogP contribution >= 0.6 is 34.7 Å². The zero-order valence-electron chi connectivity index (χ0n) is 9.20. The third-order valence-electron chi connectivity index (χ3n) is 2.96. The Morgan fingerprint density at radius 1 is 1.29 bits per heavy atom. The minimum atomic E-state index is 0.770. The molecule has 1 nitrogen and oxygen atoms in total. The van der Waals surface area contributed by atoms with Crippen molar-refractivity contribution in [1.29, 1.82) is 0 Å². The van der Waals surface area contributed by atoms with Gasteiger partial charge >= 0.3 is 0 Å². The molecule has 1 aromatic carbocycles. The van der Waals surface area contributed by atoms with E-state index < -0.39 is 0 Å². The van der Waals surface area contributed by atoms with Gasteiger partial charge in [-0.3, -0.25) is 0 Å². The summed E-state index contributed by atoms with van der Waals surface area (Å²) in [6.07, 6.45) is 1.12. The Morgan fingerprint density at radius 3 is 3.00 bits per heavy atom. The largest absolute Gasteiger partial charge is 0.390 e. The van der Waals surface area contributed by atoms with Crippen LogP contribution in [-0.2, 0) is 12.2 Å². The molecule has 2 heterocycles. The molecule has 1 aliphatic heterocycles. The van der Waals surface area contributed by atoms with Crippen LogP contribution in [0.2, 0.25) is 5.02 Å². The van der Waals surface area contributed by atoms with Crippen LogP contribution in [0, 0.1) is 0 Å². The molecule has 0 amide bonds. The molecular weight excluding hydrogens is 270 g/mol. The van der Waals surface area contributed by atoms with Crippen molar-refractivity contribution in [3.8, 4) is 11.1 Å². The Balaban J connectivity index is 2.17. The maximum Gasteiger partial charge on any atom is 0.0942 e. The van der Waals surface area contributed by atoms with E-state index in [2.05, 4.69) is 6.07 Å². The number of thioether (sulfide) groups is 1. The van der Waals surface area contributed by atoms with Gasteiger partial charge in [-0.1, -0.05) is 23.7 Å². The summed E-state index contributed by atoms with van der Waals surface area (Å²) in [5.74, 6) is 2.29. The summed E-state index contributed by atoms with van der Waals surface area (Å²) >= 11 is 9.77. The van der Waals surface area contributed by atoms with E-state index in [0.29, 0.717) is 0 Å². The zero-order valence-corrected chi connectivity index (χ0v) is 11.6. The van der Waals surface area contributed by atoms with E-state index in [0.717, 1.165) is 27.8 Å². The maximum absolute atomic E-state index is 6.17. The van der Waals surface area contributed by atoms with Crippen molar-refractivity contribution in [2.45, 2.75) is 12.2 Å². The minimum Gasteiger partial charge on any atom is -0.390 e. The molecule has 0 saturated heterocycles. The Kier molecular flexibility index (Phi) is 3.07. The first-order chi connectivity index (χ1) is 8.25. The molecule has 4 heteroatoms. The zero-order chi connectivity index (χ0) is 11.8. The smallest absolute Gasteiger partial charge is 0.0942 e. The van der Waals surface area contributed by atoms with Crippen LogP contribution in [0.1, 0.15) is 10.4 Å². The number of rotatable bonds is 1. The summed E-state index contributed by atoms with van der Waals surface area (Å²) in [4.78, 5) is 1.44. The molecule has 0 atom stereocenters. The molecule has 0 saturated carbocycles. The standard InChI is InChI=1S/C13H12ClNS2/c14-9-3-1-2-8(6-9)12-10-4-5-16-7-11(10)17-13(12)15/h1-3,6H,4-5,7,15H2. The second-order valence-corrected chi connectivity index (χ2v) is 6.73. The van der Waals surface area contributed by atoms with Crippen molar-refractivity contribution >= 4 is 39.7 Å². The number of hydrogen-bond donors (Lipinski definition) is 1. The predicted molar refractivity (Wildman–Crippen MR) is 79.0 cm³/mol. The summed E-state index contributed by atoms with van der Waals surface area (Å²) in [5.41, 5.74) is 9.98. The van der Waals surface area contributed by atoms with Gasteiger partial charge in [0, 0.05) is 21.2 Å². The highest BCUT2D eigenvalue weighted by molar-refractivity contribution is 7.98. The molecule has 0 unspecified atom stereocenters. The normalized spacial score (nSPS) is 14.6. The highest BCUT2D eigenvalue weighted by Gasteiger charge is 2.20. The van der Waals surface area contributed by atoms with Gasteiger partial charge < -0.3 is 5.73 Å². The quantitative estimate of drug-likeness (QED) is 0.836. The van der Waals surface area contributed by atoms with E-state index >= 15 is 0 Å². The molecule has 0 radical (unpaired) electrons. The van der Waals surface area contributed by atoms with Crippen LogP contribution in [0.5, 0.6) is 0 Å². The Morgan fingerprint density at radius 2 is 2.18 bits per heavy atom. The fraction of sp³-hybridized carbons (Fsp3) is 0.231. The van der Waals surface area contributed by atoms with E-state index in [1.54, 1.807) is 11.3 Å². The van der Waals surface area contributed by atoms with Crippen LogP contribution in [0.3, 0.4) is 0 Å². The lowest BCUT2D eigenvalue weighted by atomic mass is 10.0. The average molecular weight is 282 g/mol. The molecule has 2 N–H and O–H groups in total. The lowest BCUT2D eigenvalue weighted by Gasteiger charge is -2.12. The summed E-state index contributed by atoms with van der Waals surface area (Å²) in [6, 6.07) is 7.98. The van der Waals surface area contributed by atoms with Crippen LogP contribution in [0.4, 0.5) is 5.00 Å². The topological polar surface area (TPSA) is 26.0 Å². The van der Waals surface area contributed by atoms with Gasteiger partial charge in [-0.25, -0.2) is 0 Å². The molecule has 0 fully saturated rings. The number of anilines is 1. The number of halogens is 1. The van der Waals surface area contributed by atoms with E-state index in [4.69, 9.17) is 17.3 Å². The van der Waals surface area contributed by atoms with Crippen molar-refractivity contribution in [2.75, 3.05) is 11.5 Å². The van der Waals surface area contributed by atoms with Gasteiger partial charge in [0.25, 0.3) is 0 Å². The highest BCUT2D eigenvalue weighted by atomic mass is 35.5. The van der Waals surface area contributed by atoms with E-state index in [1.807, 2.05) is 30.0 Å². The van der Waals surface area contributed by atoms with Crippen molar-refractivity contribution in [1.82, 2.24) is 0 Å². The monoisotopic (exact) mass is 281 g/mol. The molecule has 0 spiro atoms. The highest BCUT2D eigenvalue weighted by Crippen LogP contribution is 2.43. The van der Waals surface area contributed by atoms with E-state index in [-0.39, 0.29) is 0 Å². The van der Waals surface area contributed by atoms with Gasteiger partial charge in [0.15, 0.2) is 0 Å². The number of nitrogens with two attached hydrogens (primary N) is 1. The van der Waals surface area contributed by atoms with E-state index in [1.165, 1.54) is 21.8 Å². The Labute approximate surface area is 114 Å². The summed E-state index contributed by atoms with van der Waals surface area (Å²) in [7, 11) is 0. The number of fused-ring (bicyclic) bond motifs is 1. The summed E-state index contributed by atoms with van der Waals surface area (Å²) < 4.78 is 0. The molecule has 1 aromatic heterocycles. The molecule has 0 aliphatic carbocycles. The van der Waals surface area contributed by atoms with Gasteiger partial charge in [-0.2, -0.15) is 11.8 Å². The van der Waals surface area contributed by atoms with Gasteiger partial charge in [0.05, 0.1) is 5.00 Å². The first-order valence-corrected chi connectivity index (χ1v) is 7.84. The first kappa shape index (κ1) is 11.5. The average Bonchev–Trinajstić information content (AvgIpc) is 2.64. The van der Waals surface area contributed by atoms with E-state index in [9.17, 15) is 0 Å². The second kappa shape index (κ2) is 4.56. The van der Waals surface area contributed by atoms with Crippen molar-refractivity contribution in [3.05, 3.63) is 39.7 Å². The lowest BCUT2D eigenvalue weighted by Crippen LogP contribution is -1.99. The molecule has 17 heavy (non-hydrogen) atoms. The van der Waals surface area contributed by atoms with Crippen molar-refractivity contribution in [2.24, 2.45) is 0 Å². The van der Waals surface area contributed by atoms with Gasteiger partial charge in [0.1, 0.15) is 0 Å². The van der Waals surface area contributed by atoms with Crippen molar-refractivity contribution < 1.29 is 0 Å². The number of hydrogen-bond acceptors (Lipinski definition) is 3. The third-order valence-corrected chi connectivity index (χ3v) is 5.43. The fourth-order valence-electron chi connectivity index (χ4n) is 2.21.